The standard InChI is InChI=1S/C15H12IN/c16-14-11-17(10-12-6-2-1-3-7-12)15-9-5-4-8-13(14)15/h1-9,11H,10H2. The number of nitrogens with zero attached hydrogens (tertiary/aromatic N) is 1. The van der Waals surface area contributed by atoms with Crippen LogP contribution in [0, 0.1) is 3.57 Å². The average Bonchev–Trinajstić information content (AvgIpc) is 2.69. The number of hydrogen-bond donors (Lipinski definition) is 0. The number of rotatable bonds is 2. The number of fused-ring (bicyclic) bond motifs is 1. The van der Waals surface area contributed by atoms with Crippen molar-refractivity contribution in [3.05, 3.63) is 69.9 Å². The summed E-state index contributed by atoms with van der Waals surface area (Å²) in [6.07, 6.45) is 2.22. The van der Waals surface area contributed by atoms with E-state index in [1.807, 2.05) is 0 Å². The molecule has 3 aromatic rings. The van der Waals surface area contributed by atoms with Crippen LogP contribution in [-0.4, -0.2) is 4.57 Å². The SMILES string of the molecule is Ic1cn(Cc2ccccc2)c2ccccc12. The molecule has 0 saturated carbocycles. The van der Waals surface area contributed by atoms with Crippen LogP contribution in [0.15, 0.2) is 60.8 Å². The van der Waals surface area contributed by atoms with Gasteiger partial charge in [-0.25, -0.2) is 0 Å². The molecule has 2 heteroatoms. The molecule has 0 unspecified atom stereocenters. The summed E-state index contributed by atoms with van der Waals surface area (Å²) in [6, 6.07) is 19.1. The molecule has 1 nitrogen and oxygen atoms in total. The van der Waals surface area contributed by atoms with Gasteiger partial charge in [0.25, 0.3) is 0 Å². The van der Waals surface area contributed by atoms with E-state index < -0.39 is 0 Å². The lowest BCUT2D eigenvalue weighted by Crippen LogP contribution is -1.97. The van der Waals surface area contributed by atoms with Gasteiger partial charge in [-0.15, -0.1) is 0 Å². The molecule has 3 rings (SSSR count). The van der Waals surface area contributed by atoms with Gasteiger partial charge in [0, 0.05) is 27.2 Å². The Kier molecular flexibility index (Phi) is 2.89. The molecule has 0 amide bonds. The highest BCUT2D eigenvalue weighted by molar-refractivity contribution is 14.1. The van der Waals surface area contributed by atoms with Crippen LogP contribution < -0.4 is 0 Å². The fraction of sp³-hybridized carbons (Fsp3) is 0.0667. The zero-order chi connectivity index (χ0) is 11.7. The molecular weight excluding hydrogens is 321 g/mol. The minimum atomic E-state index is 0.935. The molecule has 1 heterocycles. The Bertz CT molecular complexity index is 640. The maximum absolute atomic E-state index is 2.40. The molecule has 0 bridgehead atoms. The fourth-order valence-electron chi connectivity index (χ4n) is 2.11. The zero-order valence-corrected chi connectivity index (χ0v) is 11.5. The third-order valence-corrected chi connectivity index (χ3v) is 3.80. The molecule has 0 radical (unpaired) electrons. The molecule has 0 N–H and O–H groups in total. The van der Waals surface area contributed by atoms with Gasteiger partial charge < -0.3 is 4.57 Å². The van der Waals surface area contributed by atoms with Crippen molar-refractivity contribution in [1.82, 2.24) is 4.57 Å². The molecule has 0 aliphatic rings. The van der Waals surface area contributed by atoms with Crippen LogP contribution in [0.2, 0.25) is 0 Å². The van der Waals surface area contributed by atoms with Crippen molar-refractivity contribution in [1.29, 1.82) is 0 Å². The topological polar surface area (TPSA) is 4.93 Å². The summed E-state index contributed by atoms with van der Waals surface area (Å²) >= 11 is 2.40. The Balaban J connectivity index is 2.07. The number of hydrogen-bond acceptors (Lipinski definition) is 0. The molecule has 0 atom stereocenters. The summed E-state index contributed by atoms with van der Waals surface area (Å²) in [5, 5.41) is 1.34. The quantitative estimate of drug-likeness (QED) is 0.617. The second-order valence-corrected chi connectivity index (χ2v) is 5.27. The normalized spacial score (nSPS) is 10.9. The van der Waals surface area contributed by atoms with Gasteiger partial charge in [-0.1, -0.05) is 48.5 Å². The van der Waals surface area contributed by atoms with Crippen LogP contribution in [-0.2, 0) is 6.54 Å². The monoisotopic (exact) mass is 333 g/mol. The van der Waals surface area contributed by atoms with Gasteiger partial charge in [0.2, 0.25) is 0 Å². The van der Waals surface area contributed by atoms with Crippen LogP contribution in [0.4, 0.5) is 0 Å². The van der Waals surface area contributed by atoms with E-state index in [1.165, 1.54) is 20.0 Å². The van der Waals surface area contributed by atoms with E-state index in [1.54, 1.807) is 0 Å². The van der Waals surface area contributed by atoms with E-state index in [0.29, 0.717) is 0 Å². The molecule has 0 aliphatic carbocycles. The second kappa shape index (κ2) is 4.53. The van der Waals surface area contributed by atoms with Crippen LogP contribution in [0.3, 0.4) is 0 Å². The maximum atomic E-state index is 2.40. The Morgan fingerprint density at radius 3 is 2.41 bits per heavy atom. The van der Waals surface area contributed by atoms with Crippen LogP contribution in [0.25, 0.3) is 10.9 Å². The van der Waals surface area contributed by atoms with Crippen LogP contribution >= 0.6 is 22.6 Å². The van der Waals surface area contributed by atoms with Gasteiger partial charge in [0.1, 0.15) is 0 Å². The van der Waals surface area contributed by atoms with Crippen molar-refractivity contribution in [2.75, 3.05) is 0 Å². The van der Waals surface area contributed by atoms with Gasteiger partial charge in [-0.2, -0.15) is 0 Å². The third kappa shape index (κ3) is 2.09. The first-order valence-electron chi connectivity index (χ1n) is 5.62. The van der Waals surface area contributed by atoms with E-state index in [2.05, 4.69) is 88.0 Å². The van der Waals surface area contributed by atoms with E-state index in [4.69, 9.17) is 0 Å². The first-order valence-corrected chi connectivity index (χ1v) is 6.70. The van der Waals surface area contributed by atoms with E-state index >= 15 is 0 Å². The van der Waals surface area contributed by atoms with Crippen molar-refractivity contribution in [3.63, 3.8) is 0 Å². The largest absolute Gasteiger partial charge is 0.342 e. The Morgan fingerprint density at radius 1 is 0.882 bits per heavy atom. The zero-order valence-electron chi connectivity index (χ0n) is 9.31. The van der Waals surface area contributed by atoms with Gasteiger partial charge >= 0.3 is 0 Å². The highest BCUT2D eigenvalue weighted by Gasteiger charge is 2.05. The second-order valence-electron chi connectivity index (χ2n) is 4.11. The maximum Gasteiger partial charge on any atom is 0.0494 e. The van der Waals surface area contributed by atoms with Crippen LogP contribution in [0.5, 0.6) is 0 Å². The van der Waals surface area contributed by atoms with E-state index in [9.17, 15) is 0 Å². The van der Waals surface area contributed by atoms with E-state index in [0.717, 1.165) is 6.54 Å². The van der Waals surface area contributed by atoms with Crippen molar-refractivity contribution >= 4 is 33.5 Å². The Hall–Kier alpha value is -1.29. The third-order valence-electron chi connectivity index (χ3n) is 2.94. The van der Waals surface area contributed by atoms with Gasteiger partial charge in [-0.05, 0) is 34.2 Å². The highest BCUT2D eigenvalue weighted by atomic mass is 127. The predicted molar refractivity (Wildman–Crippen MR) is 80.2 cm³/mol. The van der Waals surface area contributed by atoms with Crippen molar-refractivity contribution in [2.24, 2.45) is 0 Å². The number of halogens is 1. The Morgan fingerprint density at radius 2 is 1.59 bits per heavy atom. The Labute approximate surface area is 114 Å². The van der Waals surface area contributed by atoms with Crippen molar-refractivity contribution < 1.29 is 0 Å². The van der Waals surface area contributed by atoms with Crippen molar-refractivity contribution in [3.8, 4) is 0 Å². The summed E-state index contributed by atoms with van der Waals surface area (Å²) in [5.41, 5.74) is 2.64. The summed E-state index contributed by atoms with van der Waals surface area (Å²) in [5.74, 6) is 0. The minimum absolute atomic E-state index is 0.935. The summed E-state index contributed by atoms with van der Waals surface area (Å²) in [4.78, 5) is 0. The molecule has 0 spiro atoms. The fourth-order valence-corrected chi connectivity index (χ4v) is 2.91. The first kappa shape index (κ1) is 10.8. The van der Waals surface area contributed by atoms with E-state index in [-0.39, 0.29) is 0 Å². The summed E-state index contributed by atoms with van der Waals surface area (Å²) in [6.45, 7) is 0.935. The van der Waals surface area contributed by atoms with Crippen LogP contribution in [0.1, 0.15) is 5.56 Å². The smallest absolute Gasteiger partial charge is 0.0494 e. The lowest BCUT2D eigenvalue weighted by Gasteiger charge is -2.04. The minimum Gasteiger partial charge on any atom is -0.342 e. The summed E-state index contributed by atoms with van der Waals surface area (Å²) < 4.78 is 3.63. The summed E-state index contributed by atoms with van der Waals surface area (Å²) in [7, 11) is 0. The molecule has 84 valence electrons. The molecule has 1 aromatic heterocycles. The number of para-hydroxylation sites is 1. The van der Waals surface area contributed by atoms with Gasteiger partial charge in [0.15, 0.2) is 0 Å². The molecular formula is C15H12IN. The first-order chi connectivity index (χ1) is 8.34. The number of aromatic nitrogens is 1. The molecule has 17 heavy (non-hydrogen) atoms. The molecule has 0 fully saturated rings. The van der Waals surface area contributed by atoms with Gasteiger partial charge in [-0.3, -0.25) is 0 Å². The highest BCUT2D eigenvalue weighted by Crippen LogP contribution is 2.23. The molecule has 0 saturated heterocycles. The lowest BCUT2D eigenvalue weighted by molar-refractivity contribution is 0.835. The molecule has 2 aromatic carbocycles. The predicted octanol–water partition coefficient (Wildman–Crippen LogP) is 4.29. The number of benzene rings is 2. The lowest BCUT2D eigenvalue weighted by atomic mass is 10.2. The average molecular weight is 333 g/mol. The molecule has 0 aliphatic heterocycles. The van der Waals surface area contributed by atoms with Gasteiger partial charge in [0.05, 0.1) is 0 Å². The van der Waals surface area contributed by atoms with Crippen molar-refractivity contribution in [2.45, 2.75) is 6.54 Å².